The number of nitrogens with zero attached hydrogens (tertiary/aromatic N) is 3. The second kappa shape index (κ2) is 10.0. The highest BCUT2D eigenvalue weighted by molar-refractivity contribution is 7.99. The molecule has 7 heteroatoms. The van der Waals surface area contributed by atoms with Gasteiger partial charge in [0.25, 0.3) is 0 Å². The first kappa shape index (κ1) is 22.9. The zero-order valence-corrected chi connectivity index (χ0v) is 19.8. The summed E-state index contributed by atoms with van der Waals surface area (Å²) in [5.74, 6) is 1.75. The van der Waals surface area contributed by atoms with Crippen LogP contribution in [0, 0.1) is 27.7 Å². The molecule has 2 aromatic carbocycles. The van der Waals surface area contributed by atoms with Crippen LogP contribution >= 0.6 is 11.8 Å². The van der Waals surface area contributed by atoms with Crippen molar-refractivity contribution in [2.75, 3.05) is 11.1 Å². The van der Waals surface area contributed by atoms with E-state index in [0.29, 0.717) is 11.7 Å². The summed E-state index contributed by atoms with van der Waals surface area (Å²) in [6.45, 7) is 12.9. The number of ether oxygens (including phenoxy) is 1. The Morgan fingerprint density at radius 3 is 2.42 bits per heavy atom. The van der Waals surface area contributed by atoms with Crippen molar-refractivity contribution in [1.29, 1.82) is 0 Å². The molecule has 0 fully saturated rings. The molecule has 1 amide bonds. The van der Waals surface area contributed by atoms with Crippen LogP contribution in [0.4, 0.5) is 5.69 Å². The minimum Gasteiger partial charge on any atom is -0.483 e. The third-order valence-corrected chi connectivity index (χ3v) is 6.02. The van der Waals surface area contributed by atoms with E-state index in [1.54, 1.807) is 0 Å². The van der Waals surface area contributed by atoms with Gasteiger partial charge >= 0.3 is 0 Å². The molecule has 3 aromatic rings. The van der Waals surface area contributed by atoms with E-state index in [1.807, 2.05) is 56.5 Å². The van der Waals surface area contributed by atoms with Crippen molar-refractivity contribution >= 4 is 23.4 Å². The van der Waals surface area contributed by atoms with Gasteiger partial charge in [0.2, 0.25) is 5.91 Å². The standard InChI is InChI=1S/C24H30N4O2S/c1-7-28-23(19(6)30-21-9-8-17(4)18(5)13-21)26-27-24(28)31-14-22(29)25-20-11-15(2)10-16(3)12-20/h8-13,19H,7,14H2,1-6H3,(H,25,29). The van der Waals surface area contributed by atoms with Gasteiger partial charge in [-0.2, -0.15) is 0 Å². The second-order valence-electron chi connectivity index (χ2n) is 7.80. The Balaban J connectivity index is 1.64. The van der Waals surface area contributed by atoms with Gasteiger partial charge in [-0.15, -0.1) is 10.2 Å². The van der Waals surface area contributed by atoms with Crippen LogP contribution in [-0.2, 0) is 11.3 Å². The first-order valence-corrected chi connectivity index (χ1v) is 11.4. The third kappa shape index (κ3) is 5.88. The Morgan fingerprint density at radius 2 is 1.77 bits per heavy atom. The Labute approximate surface area is 188 Å². The molecule has 31 heavy (non-hydrogen) atoms. The Bertz CT molecular complexity index is 1060. The summed E-state index contributed by atoms with van der Waals surface area (Å²) in [6.07, 6.45) is -0.256. The molecule has 0 aliphatic heterocycles. The van der Waals surface area contributed by atoms with Gasteiger partial charge in [0.05, 0.1) is 5.75 Å². The van der Waals surface area contributed by atoms with Crippen molar-refractivity contribution in [3.8, 4) is 5.75 Å². The lowest BCUT2D eigenvalue weighted by atomic mass is 10.1. The summed E-state index contributed by atoms with van der Waals surface area (Å²) < 4.78 is 8.11. The molecule has 0 bridgehead atoms. The van der Waals surface area contributed by atoms with Crippen molar-refractivity contribution in [3.63, 3.8) is 0 Å². The van der Waals surface area contributed by atoms with Crippen molar-refractivity contribution in [2.24, 2.45) is 0 Å². The van der Waals surface area contributed by atoms with Gasteiger partial charge in [0.15, 0.2) is 17.1 Å². The molecule has 1 aromatic heterocycles. The number of nitrogens with one attached hydrogen (secondary N) is 1. The maximum absolute atomic E-state index is 12.4. The largest absolute Gasteiger partial charge is 0.483 e. The van der Waals surface area contributed by atoms with E-state index < -0.39 is 0 Å². The SMILES string of the molecule is CCn1c(SCC(=O)Nc2cc(C)cc(C)c2)nnc1C(C)Oc1ccc(C)c(C)c1. The van der Waals surface area contributed by atoms with E-state index in [4.69, 9.17) is 4.74 Å². The fourth-order valence-electron chi connectivity index (χ4n) is 3.42. The molecule has 0 radical (unpaired) electrons. The average Bonchev–Trinajstić information content (AvgIpc) is 3.11. The summed E-state index contributed by atoms with van der Waals surface area (Å²) in [5.41, 5.74) is 5.48. The number of hydrogen-bond acceptors (Lipinski definition) is 5. The smallest absolute Gasteiger partial charge is 0.234 e. The minimum atomic E-state index is -0.256. The van der Waals surface area contributed by atoms with E-state index >= 15 is 0 Å². The zero-order chi connectivity index (χ0) is 22.5. The highest BCUT2D eigenvalue weighted by atomic mass is 32.2. The molecule has 1 N–H and O–H groups in total. The van der Waals surface area contributed by atoms with Crippen molar-refractivity contribution < 1.29 is 9.53 Å². The molecule has 1 unspecified atom stereocenters. The lowest BCUT2D eigenvalue weighted by molar-refractivity contribution is -0.113. The van der Waals surface area contributed by atoms with Gasteiger partial charge in [-0.25, -0.2) is 0 Å². The van der Waals surface area contributed by atoms with E-state index in [2.05, 4.69) is 41.5 Å². The minimum absolute atomic E-state index is 0.0679. The average molecular weight is 439 g/mol. The van der Waals surface area contributed by atoms with Crippen LogP contribution in [0.2, 0.25) is 0 Å². The van der Waals surface area contributed by atoms with Gasteiger partial charge in [0, 0.05) is 12.2 Å². The number of benzene rings is 2. The van der Waals surface area contributed by atoms with Crippen molar-refractivity contribution in [3.05, 3.63) is 64.5 Å². The van der Waals surface area contributed by atoms with E-state index in [-0.39, 0.29) is 17.8 Å². The highest BCUT2D eigenvalue weighted by Crippen LogP contribution is 2.26. The molecule has 1 atom stereocenters. The van der Waals surface area contributed by atoms with Crippen LogP contribution in [0.1, 0.15) is 48.0 Å². The molecule has 0 saturated heterocycles. The van der Waals surface area contributed by atoms with E-state index in [9.17, 15) is 4.79 Å². The van der Waals surface area contributed by atoms with Gasteiger partial charge in [-0.3, -0.25) is 4.79 Å². The van der Waals surface area contributed by atoms with Crippen LogP contribution in [0.15, 0.2) is 41.6 Å². The number of amides is 1. The molecule has 0 saturated carbocycles. The van der Waals surface area contributed by atoms with Crippen molar-refractivity contribution in [1.82, 2.24) is 14.8 Å². The van der Waals surface area contributed by atoms with Gasteiger partial charge in [-0.1, -0.05) is 23.9 Å². The molecule has 3 rings (SSSR count). The quantitative estimate of drug-likeness (QED) is 0.477. The maximum atomic E-state index is 12.4. The lowest BCUT2D eigenvalue weighted by Crippen LogP contribution is -2.15. The number of thioether (sulfide) groups is 1. The number of carbonyl (C=O) groups excluding carboxylic acids is 1. The zero-order valence-electron chi connectivity index (χ0n) is 19.0. The number of aromatic nitrogens is 3. The predicted octanol–water partition coefficient (Wildman–Crippen LogP) is 5.40. The van der Waals surface area contributed by atoms with Gasteiger partial charge in [0.1, 0.15) is 5.75 Å². The van der Waals surface area contributed by atoms with Crippen LogP contribution in [0.5, 0.6) is 5.75 Å². The number of hydrogen-bond donors (Lipinski definition) is 1. The molecule has 0 aliphatic rings. The summed E-state index contributed by atoms with van der Waals surface area (Å²) >= 11 is 1.38. The maximum Gasteiger partial charge on any atom is 0.234 e. The molecule has 6 nitrogen and oxygen atoms in total. The fraction of sp³-hybridized carbons (Fsp3) is 0.375. The predicted molar refractivity (Wildman–Crippen MR) is 126 cm³/mol. The van der Waals surface area contributed by atoms with Crippen LogP contribution in [0.3, 0.4) is 0 Å². The molecular weight excluding hydrogens is 408 g/mol. The summed E-state index contributed by atoms with van der Waals surface area (Å²) in [4.78, 5) is 12.4. The molecule has 0 aliphatic carbocycles. The normalized spacial score (nSPS) is 11.9. The van der Waals surface area contributed by atoms with Crippen LogP contribution in [-0.4, -0.2) is 26.4 Å². The topological polar surface area (TPSA) is 69.0 Å². The Kier molecular flexibility index (Phi) is 7.38. The lowest BCUT2D eigenvalue weighted by Gasteiger charge is -2.16. The Hall–Kier alpha value is -2.80. The second-order valence-corrected chi connectivity index (χ2v) is 8.75. The van der Waals surface area contributed by atoms with Crippen LogP contribution in [0.25, 0.3) is 0 Å². The molecular formula is C24H30N4O2S. The summed E-state index contributed by atoms with van der Waals surface area (Å²) in [7, 11) is 0. The van der Waals surface area contributed by atoms with Crippen LogP contribution < -0.4 is 10.1 Å². The number of aryl methyl sites for hydroxylation is 4. The van der Waals surface area contributed by atoms with Gasteiger partial charge in [-0.05, 0) is 88.1 Å². The molecule has 0 spiro atoms. The highest BCUT2D eigenvalue weighted by Gasteiger charge is 2.19. The monoisotopic (exact) mass is 438 g/mol. The van der Waals surface area contributed by atoms with Gasteiger partial charge < -0.3 is 14.6 Å². The number of rotatable bonds is 8. The first-order chi connectivity index (χ1) is 14.8. The molecule has 164 valence electrons. The number of anilines is 1. The third-order valence-electron chi connectivity index (χ3n) is 5.05. The number of carbonyl (C=O) groups is 1. The van der Waals surface area contributed by atoms with E-state index in [1.165, 1.54) is 22.9 Å². The van der Waals surface area contributed by atoms with Crippen molar-refractivity contribution in [2.45, 2.75) is 59.3 Å². The Morgan fingerprint density at radius 1 is 1.06 bits per heavy atom. The molecule has 1 heterocycles. The first-order valence-electron chi connectivity index (χ1n) is 10.4. The summed E-state index contributed by atoms with van der Waals surface area (Å²) in [5, 5.41) is 12.3. The van der Waals surface area contributed by atoms with E-state index in [0.717, 1.165) is 28.4 Å². The summed E-state index contributed by atoms with van der Waals surface area (Å²) in [6, 6.07) is 12.1. The fourth-order valence-corrected chi connectivity index (χ4v) is 4.23.